The summed E-state index contributed by atoms with van der Waals surface area (Å²) in [5.41, 5.74) is 6.36. The molecule has 0 aliphatic carbocycles. The molecule has 1 rings (SSSR count). The minimum Gasteiger partial charge on any atom is -0.481 e. The van der Waals surface area contributed by atoms with E-state index in [2.05, 4.69) is 16.0 Å². The summed E-state index contributed by atoms with van der Waals surface area (Å²) in [7, 11) is 0. The second-order valence-electron chi connectivity index (χ2n) is 8.83. The van der Waals surface area contributed by atoms with Crippen molar-refractivity contribution in [1.29, 1.82) is 0 Å². The van der Waals surface area contributed by atoms with Gasteiger partial charge in [0.1, 0.15) is 18.1 Å². The molecule has 0 radical (unpaired) electrons. The average Bonchev–Trinajstić information content (AvgIpc) is 2.80. The smallest absolute Gasteiger partial charge is 0.326 e. The first-order chi connectivity index (χ1) is 16.9. The maximum absolute atomic E-state index is 13.2. The summed E-state index contributed by atoms with van der Waals surface area (Å²) in [6.45, 7) is 3.67. The monoisotopic (exact) mass is 524 g/mol. The van der Waals surface area contributed by atoms with Crippen LogP contribution in [0, 0.1) is 5.92 Å². The Balaban J connectivity index is 3.10. The topological polar surface area (TPSA) is 188 Å². The van der Waals surface area contributed by atoms with Crippen LogP contribution in [-0.2, 0) is 30.4 Å². The molecule has 4 atom stereocenters. The number of rotatable bonds is 16. The van der Waals surface area contributed by atoms with Crippen LogP contribution in [0.5, 0.6) is 0 Å². The molecule has 0 saturated carbocycles. The Kier molecular flexibility index (Phi) is 13.6. The first-order valence-electron chi connectivity index (χ1n) is 11.6. The number of aliphatic carboxylic acids is 2. The fourth-order valence-electron chi connectivity index (χ4n) is 3.36. The molecule has 11 nitrogen and oxygen atoms in total. The minimum atomic E-state index is -1.35. The van der Waals surface area contributed by atoms with Crippen molar-refractivity contribution in [3.05, 3.63) is 35.9 Å². The highest BCUT2D eigenvalue weighted by Crippen LogP contribution is 2.09. The van der Waals surface area contributed by atoms with Crippen molar-refractivity contribution in [2.45, 2.75) is 63.7 Å². The van der Waals surface area contributed by atoms with Crippen molar-refractivity contribution in [3.63, 3.8) is 0 Å². The molecule has 0 saturated heterocycles. The molecule has 200 valence electrons. The minimum absolute atomic E-state index is 0.0268. The number of hydrogen-bond donors (Lipinski definition) is 6. The van der Waals surface area contributed by atoms with Gasteiger partial charge in [-0.2, -0.15) is 11.8 Å². The highest BCUT2D eigenvalue weighted by molar-refractivity contribution is 7.98. The van der Waals surface area contributed by atoms with Crippen molar-refractivity contribution < 1.29 is 34.2 Å². The molecule has 1 aromatic rings. The lowest BCUT2D eigenvalue weighted by atomic mass is 10.0. The molecule has 12 heteroatoms. The van der Waals surface area contributed by atoms with Crippen molar-refractivity contribution in [2.24, 2.45) is 11.7 Å². The zero-order valence-electron chi connectivity index (χ0n) is 20.7. The van der Waals surface area contributed by atoms with E-state index in [-0.39, 0.29) is 25.2 Å². The van der Waals surface area contributed by atoms with Gasteiger partial charge >= 0.3 is 11.9 Å². The Morgan fingerprint density at radius 1 is 0.889 bits per heavy atom. The summed E-state index contributed by atoms with van der Waals surface area (Å²) < 4.78 is 0. The standard InChI is InChI=1S/C24H36N4O7S/c1-14(2)11-18(27-21(31)16(25)13-20(29)30)22(32)28-19(12-15-7-5-4-6-8-15)23(33)26-17(24(34)35)9-10-36-3/h4-8,14,16-19H,9-13,25H2,1-3H3,(H,26,33)(H,27,31)(H,28,32)(H,29,30)(H,34,35). The third kappa shape index (κ3) is 11.5. The largest absolute Gasteiger partial charge is 0.481 e. The molecule has 36 heavy (non-hydrogen) atoms. The number of thioether (sulfide) groups is 1. The van der Waals surface area contributed by atoms with Gasteiger partial charge in [-0.15, -0.1) is 0 Å². The predicted octanol–water partition coefficient (Wildman–Crippen LogP) is 0.369. The van der Waals surface area contributed by atoms with Gasteiger partial charge in [-0.3, -0.25) is 19.2 Å². The predicted molar refractivity (Wildman–Crippen MR) is 136 cm³/mol. The lowest BCUT2D eigenvalue weighted by Gasteiger charge is -2.26. The molecule has 0 spiro atoms. The van der Waals surface area contributed by atoms with E-state index >= 15 is 0 Å². The molecule has 1 aromatic carbocycles. The summed E-state index contributed by atoms with van der Waals surface area (Å²) in [5.74, 6) is -4.07. The van der Waals surface area contributed by atoms with E-state index in [1.807, 2.05) is 20.1 Å². The Bertz CT molecular complexity index is 898. The Labute approximate surface area is 215 Å². The van der Waals surface area contributed by atoms with E-state index in [0.29, 0.717) is 5.75 Å². The van der Waals surface area contributed by atoms with Gasteiger partial charge < -0.3 is 31.9 Å². The molecule has 3 amide bonds. The maximum Gasteiger partial charge on any atom is 0.326 e. The highest BCUT2D eigenvalue weighted by Gasteiger charge is 2.31. The van der Waals surface area contributed by atoms with Crippen LogP contribution in [-0.4, -0.2) is 76.0 Å². The molecule has 0 aromatic heterocycles. The fraction of sp³-hybridized carbons (Fsp3) is 0.542. The number of nitrogens with one attached hydrogen (secondary N) is 3. The molecular weight excluding hydrogens is 488 g/mol. The number of nitrogens with two attached hydrogens (primary N) is 1. The van der Waals surface area contributed by atoms with E-state index in [4.69, 9.17) is 10.8 Å². The van der Waals surface area contributed by atoms with Gasteiger partial charge in [0.05, 0.1) is 12.5 Å². The summed E-state index contributed by atoms with van der Waals surface area (Å²) in [6, 6.07) is 4.23. The molecule has 0 aliphatic heterocycles. The van der Waals surface area contributed by atoms with Crippen LogP contribution in [0.3, 0.4) is 0 Å². The van der Waals surface area contributed by atoms with E-state index in [9.17, 15) is 29.1 Å². The van der Waals surface area contributed by atoms with E-state index in [0.717, 1.165) is 5.56 Å². The zero-order chi connectivity index (χ0) is 27.3. The second kappa shape index (κ2) is 15.8. The third-order valence-corrected chi connectivity index (χ3v) is 5.86. The van der Waals surface area contributed by atoms with Crippen LogP contribution in [0.25, 0.3) is 0 Å². The molecule has 4 unspecified atom stereocenters. The van der Waals surface area contributed by atoms with E-state index < -0.39 is 60.2 Å². The van der Waals surface area contributed by atoms with Crippen LogP contribution >= 0.6 is 11.8 Å². The van der Waals surface area contributed by atoms with Gasteiger partial charge in [0.25, 0.3) is 0 Å². The van der Waals surface area contributed by atoms with Crippen LogP contribution < -0.4 is 21.7 Å². The molecule has 0 aliphatic rings. The SMILES string of the molecule is CSCCC(NC(=O)C(Cc1ccccc1)NC(=O)C(CC(C)C)NC(=O)C(N)CC(=O)O)C(=O)O. The van der Waals surface area contributed by atoms with E-state index in [1.54, 1.807) is 30.3 Å². The summed E-state index contributed by atoms with van der Waals surface area (Å²) in [6.07, 6.45) is 1.73. The quantitative estimate of drug-likeness (QED) is 0.177. The van der Waals surface area contributed by atoms with Gasteiger partial charge in [0.2, 0.25) is 17.7 Å². The van der Waals surface area contributed by atoms with Crippen molar-refractivity contribution in [3.8, 4) is 0 Å². The molecular formula is C24H36N4O7S. The Hall–Kier alpha value is -3.12. The van der Waals surface area contributed by atoms with Crippen LogP contribution in [0.4, 0.5) is 0 Å². The second-order valence-corrected chi connectivity index (χ2v) is 9.81. The third-order valence-electron chi connectivity index (χ3n) is 5.21. The highest BCUT2D eigenvalue weighted by atomic mass is 32.2. The summed E-state index contributed by atoms with van der Waals surface area (Å²) in [4.78, 5) is 61.1. The van der Waals surface area contributed by atoms with Crippen LogP contribution in [0.15, 0.2) is 30.3 Å². The maximum atomic E-state index is 13.2. The number of carboxylic acid groups (broad SMARTS) is 2. The number of hydrogen-bond acceptors (Lipinski definition) is 7. The van der Waals surface area contributed by atoms with E-state index in [1.165, 1.54) is 11.8 Å². The average molecular weight is 525 g/mol. The molecule has 0 fully saturated rings. The molecule has 0 heterocycles. The fourth-order valence-corrected chi connectivity index (χ4v) is 3.83. The van der Waals surface area contributed by atoms with Crippen LogP contribution in [0.1, 0.15) is 38.7 Å². The zero-order valence-corrected chi connectivity index (χ0v) is 21.5. The first-order valence-corrected chi connectivity index (χ1v) is 13.0. The van der Waals surface area contributed by atoms with Crippen molar-refractivity contribution in [1.82, 2.24) is 16.0 Å². The van der Waals surface area contributed by atoms with Gasteiger partial charge in [0, 0.05) is 6.42 Å². The molecule has 0 bridgehead atoms. The lowest BCUT2D eigenvalue weighted by Crippen LogP contribution is -2.58. The Morgan fingerprint density at radius 3 is 1.97 bits per heavy atom. The number of carbonyl (C=O) groups is 5. The van der Waals surface area contributed by atoms with Gasteiger partial charge in [-0.25, -0.2) is 4.79 Å². The number of amides is 3. The summed E-state index contributed by atoms with van der Waals surface area (Å²) in [5, 5.41) is 26.0. The number of benzene rings is 1. The number of carbonyl (C=O) groups excluding carboxylic acids is 3. The normalized spacial score (nSPS) is 14.2. The van der Waals surface area contributed by atoms with Gasteiger partial charge in [-0.1, -0.05) is 44.2 Å². The lowest BCUT2D eigenvalue weighted by molar-refractivity contribution is -0.142. The number of carboxylic acids is 2. The molecule has 7 N–H and O–H groups in total. The van der Waals surface area contributed by atoms with Crippen molar-refractivity contribution >= 4 is 41.4 Å². The first kappa shape index (κ1) is 30.9. The van der Waals surface area contributed by atoms with Crippen LogP contribution in [0.2, 0.25) is 0 Å². The summed E-state index contributed by atoms with van der Waals surface area (Å²) >= 11 is 1.45. The van der Waals surface area contributed by atoms with Gasteiger partial charge in [0.15, 0.2) is 0 Å². The Morgan fingerprint density at radius 2 is 1.44 bits per heavy atom. The van der Waals surface area contributed by atoms with Gasteiger partial charge in [-0.05, 0) is 36.3 Å². The van der Waals surface area contributed by atoms with Crippen molar-refractivity contribution in [2.75, 3.05) is 12.0 Å².